The zero-order valence-electron chi connectivity index (χ0n) is 12.6. The first-order chi connectivity index (χ1) is 10.6. The van der Waals surface area contributed by atoms with Crippen molar-refractivity contribution in [3.63, 3.8) is 0 Å². The largest absolute Gasteiger partial charge is 0.298 e. The van der Waals surface area contributed by atoms with Crippen molar-refractivity contribution < 1.29 is 4.79 Å². The van der Waals surface area contributed by atoms with Gasteiger partial charge >= 0.3 is 0 Å². The number of thiophene rings is 1. The van der Waals surface area contributed by atoms with Crippen molar-refractivity contribution in [2.75, 3.05) is 0 Å². The molecule has 2 aromatic heterocycles. The Morgan fingerprint density at radius 3 is 2.91 bits per heavy atom. The van der Waals surface area contributed by atoms with Crippen LogP contribution in [0.2, 0.25) is 0 Å². The molecule has 0 spiro atoms. The highest BCUT2D eigenvalue weighted by Gasteiger charge is 2.20. The van der Waals surface area contributed by atoms with Crippen molar-refractivity contribution in [3.05, 3.63) is 58.1 Å². The van der Waals surface area contributed by atoms with Crippen LogP contribution in [0.1, 0.15) is 39.0 Å². The summed E-state index contributed by atoms with van der Waals surface area (Å²) in [4.78, 5) is 18.3. The van der Waals surface area contributed by atoms with E-state index >= 15 is 0 Å². The molecule has 0 unspecified atom stereocenters. The molecule has 0 fully saturated rings. The summed E-state index contributed by atoms with van der Waals surface area (Å²) >= 11 is 1.60. The number of hydrazine groups is 1. The fraction of sp³-hybridized carbons (Fsp3) is 0.294. The number of carbonyl (C=O) groups is 1. The molecule has 2 N–H and O–H groups in total. The molecule has 0 radical (unpaired) electrons. The Kier molecular flexibility index (Phi) is 4.24. The van der Waals surface area contributed by atoms with Crippen LogP contribution in [0.15, 0.2) is 37.2 Å². The third-order valence-electron chi connectivity index (χ3n) is 3.91. The Labute approximate surface area is 134 Å². The molecular weight excluding hydrogens is 294 g/mol. The average Bonchev–Trinajstić information content (AvgIpc) is 2.96. The molecule has 1 aliphatic carbocycles. The smallest absolute Gasteiger partial charge is 0.279 e. The van der Waals surface area contributed by atoms with Gasteiger partial charge < -0.3 is 0 Å². The molecular formula is C17H19N3OS. The maximum absolute atomic E-state index is 12.3. The van der Waals surface area contributed by atoms with E-state index < -0.39 is 0 Å². The molecule has 0 aromatic carbocycles. The molecule has 0 bridgehead atoms. The molecule has 2 aromatic rings. The van der Waals surface area contributed by atoms with E-state index in [4.69, 9.17) is 0 Å². The summed E-state index contributed by atoms with van der Waals surface area (Å²) in [5, 5.41) is 0. The van der Waals surface area contributed by atoms with E-state index in [-0.39, 0.29) is 5.91 Å². The number of hydrogen-bond donors (Lipinski definition) is 2. The Hall–Kier alpha value is -2.14. The van der Waals surface area contributed by atoms with Gasteiger partial charge in [0.05, 0.1) is 10.6 Å². The van der Waals surface area contributed by atoms with Gasteiger partial charge in [-0.3, -0.25) is 20.6 Å². The van der Waals surface area contributed by atoms with Crippen molar-refractivity contribution in [3.8, 4) is 0 Å². The molecule has 4 nitrogen and oxygen atoms in total. The number of nitrogens with one attached hydrogen (secondary N) is 2. The van der Waals surface area contributed by atoms with E-state index in [1.165, 1.54) is 16.9 Å². The third-order valence-corrected chi connectivity index (χ3v) is 5.14. The Balaban J connectivity index is 1.62. The van der Waals surface area contributed by atoms with Crippen molar-refractivity contribution in [1.29, 1.82) is 0 Å². The van der Waals surface area contributed by atoms with Crippen LogP contribution in [0.3, 0.4) is 0 Å². The van der Waals surface area contributed by atoms with E-state index in [1.807, 2.05) is 18.2 Å². The van der Waals surface area contributed by atoms with Crippen LogP contribution < -0.4 is 10.9 Å². The number of aromatic nitrogens is 1. The molecule has 22 heavy (non-hydrogen) atoms. The number of fused-ring (bicyclic) bond motifs is 1. The van der Waals surface area contributed by atoms with E-state index in [1.54, 1.807) is 23.7 Å². The average molecular weight is 313 g/mol. The Bertz CT molecular complexity index is 693. The minimum absolute atomic E-state index is 0.109. The van der Waals surface area contributed by atoms with Crippen LogP contribution in [0, 0.1) is 5.92 Å². The van der Waals surface area contributed by atoms with E-state index in [0.717, 1.165) is 23.3 Å². The highest BCUT2D eigenvalue weighted by Crippen LogP contribution is 2.32. The van der Waals surface area contributed by atoms with Crippen LogP contribution in [0.5, 0.6) is 0 Å². The second kappa shape index (κ2) is 6.32. The number of carbonyl (C=O) groups excluding carboxylic acids is 1. The summed E-state index contributed by atoms with van der Waals surface area (Å²) < 4.78 is 0. The summed E-state index contributed by atoms with van der Waals surface area (Å²) in [7, 11) is 0. The number of amides is 1. The number of hydrogen-bond acceptors (Lipinski definition) is 4. The lowest BCUT2D eigenvalue weighted by atomic mass is 9.90. The van der Waals surface area contributed by atoms with Crippen LogP contribution >= 0.6 is 11.3 Å². The summed E-state index contributed by atoms with van der Waals surface area (Å²) in [6, 6.07) is 5.71. The first-order valence-electron chi connectivity index (χ1n) is 7.40. The van der Waals surface area contributed by atoms with Crippen molar-refractivity contribution in [2.45, 2.75) is 26.2 Å². The fourth-order valence-corrected chi connectivity index (χ4v) is 3.74. The third kappa shape index (κ3) is 3.20. The van der Waals surface area contributed by atoms with Gasteiger partial charge in [-0.1, -0.05) is 13.5 Å². The van der Waals surface area contributed by atoms with Gasteiger partial charge in [0.25, 0.3) is 5.91 Å². The lowest BCUT2D eigenvalue weighted by Gasteiger charge is -2.16. The first-order valence-corrected chi connectivity index (χ1v) is 8.22. The minimum atomic E-state index is -0.109. The van der Waals surface area contributed by atoms with E-state index in [0.29, 0.717) is 11.6 Å². The second-order valence-electron chi connectivity index (χ2n) is 5.70. The highest BCUT2D eigenvalue weighted by atomic mass is 32.1. The molecule has 5 heteroatoms. The lowest BCUT2D eigenvalue weighted by molar-refractivity contribution is 0.0946. The Morgan fingerprint density at radius 2 is 2.14 bits per heavy atom. The maximum atomic E-state index is 12.3. The number of rotatable bonds is 4. The van der Waals surface area contributed by atoms with Crippen LogP contribution in [0.4, 0.5) is 0 Å². The van der Waals surface area contributed by atoms with Gasteiger partial charge in [0, 0.05) is 22.8 Å². The fourth-order valence-electron chi connectivity index (χ4n) is 2.64. The summed E-state index contributed by atoms with van der Waals surface area (Å²) in [6.45, 7) is 6.18. The van der Waals surface area contributed by atoms with Crippen molar-refractivity contribution >= 4 is 22.9 Å². The van der Waals surface area contributed by atoms with Gasteiger partial charge in [-0.2, -0.15) is 0 Å². The summed E-state index contributed by atoms with van der Waals surface area (Å²) in [6.07, 6.45) is 6.77. The van der Waals surface area contributed by atoms with Crippen molar-refractivity contribution in [1.82, 2.24) is 15.8 Å². The molecule has 3 rings (SSSR count). The van der Waals surface area contributed by atoms with Gasteiger partial charge in [0.1, 0.15) is 0 Å². The molecule has 0 saturated heterocycles. The zero-order chi connectivity index (χ0) is 15.5. The zero-order valence-corrected chi connectivity index (χ0v) is 13.4. The molecule has 1 atom stereocenters. The summed E-state index contributed by atoms with van der Waals surface area (Å²) in [5.41, 5.74) is 8.47. The molecule has 1 amide bonds. The molecule has 2 heterocycles. The molecule has 0 saturated carbocycles. The molecule has 0 aliphatic heterocycles. The van der Waals surface area contributed by atoms with E-state index in [2.05, 4.69) is 29.3 Å². The number of aryl methyl sites for hydroxylation is 1. The predicted octanol–water partition coefficient (Wildman–Crippen LogP) is 3.17. The van der Waals surface area contributed by atoms with E-state index in [9.17, 15) is 4.79 Å². The molecule has 1 aliphatic rings. The van der Waals surface area contributed by atoms with Gasteiger partial charge in [-0.05, 0) is 48.9 Å². The number of pyridine rings is 1. The van der Waals surface area contributed by atoms with Crippen LogP contribution in [0.25, 0.3) is 5.70 Å². The van der Waals surface area contributed by atoms with Gasteiger partial charge in [-0.25, -0.2) is 0 Å². The lowest BCUT2D eigenvalue weighted by Crippen LogP contribution is -2.35. The number of nitrogens with zero attached hydrogens (tertiary/aromatic N) is 1. The summed E-state index contributed by atoms with van der Waals surface area (Å²) in [5.74, 6) is 0.602. The predicted molar refractivity (Wildman–Crippen MR) is 89.4 cm³/mol. The van der Waals surface area contributed by atoms with Crippen LogP contribution in [-0.4, -0.2) is 10.9 Å². The minimum Gasteiger partial charge on any atom is -0.298 e. The Morgan fingerprint density at radius 1 is 1.36 bits per heavy atom. The monoisotopic (exact) mass is 313 g/mol. The van der Waals surface area contributed by atoms with Gasteiger partial charge in [0.2, 0.25) is 0 Å². The van der Waals surface area contributed by atoms with Crippen LogP contribution in [-0.2, 0) is 12.8 Å². The van der Waals surface area contributed by atoms with Gasteiger partial charge in [0.15, 0.2) is 0 Å². The quantitative estimate of drug-likeness (QED) is 0.853. The first kappa shape index (κ1) is 14.8. The standard InChI is InChI=1S/C17H19N3OS/c1-11-3-4-15-14(9-11)10-16(22-15)17(21)20-19-12(2)13-5-7-18-8-6-13/h5-8,10-11,19H,2-4,9H2,1H3,(H,20,21)/t11-/m1/s1. The topological polar surface area (TPSA) is 54.0 Å². The van der Waals surface area contributed by atoms with Gasteiger partial charge in [-0.15, -0.1) is 11.3 Å². The maximum Gasteiger partial charge on any atom is 0.279 e. The molecule has 114 valence electrons. The normalized spacial score (nSPS) is 16.7. The second-order valence-corrected chi connectivity index (χ2v) is 6.84. The van der Waals surface area contributed by atoms with Crippen molar-refractivity contribution in [2.24, 2.45) is 5.92 Å². The SMILES string of the molecule is C=C(NNC(=O)c1cc2c(s1)CC[C@@H](C)C2)c1ccncc1. The highest BCUT2D eigenvalue weighted by molar-refractivity contribution is 7.14.